The van der Waals surface area contributed by atoms with Gasteiger partial charge in [0, 0.05) is 4.47 Å². The third kappa shape index (κ3) is 3.37. The van der Waals surface area contributed by atoms with Gasteiger partial charge < -0.3 is 4.74 Å². The molecule has 1 saturated heterocycles. The molecule has 0 spiro atoms. The first-order chi connectivity index (χ1) is 13.5. The SMILES string of the molecule is C[C@@H]1CC[C@@H]2C(=O)N(c3ccc(OC(=O)c4ccccc4Br)cc3)C(=O)[C@@H]2C1. The van der Waals surface area contributed by atoms with Gasteiger partial charge in [0.1, 0.15) is 5.75 Å². The van der Waals surface area contributed by atoms with Gasteiger partial charge in [-0.25, -0.2) is 4.79 Å². The molecule has 28 heavy (non-hydrogen) atoms. The minimum atomic E-state index is -0.478. The van der Waals surface area contributed by atoms with E-state index in [0.29, 0.717) is 27.4 Å². The van der Waals surface area contributed by atoms with Gasteiger partial charge in [-0.1, -0.05) is 19.1 Å². The van der Waals surface area contributed by atoms with E-state index in [9.17, 15) is 14.4 Å². The Labute approximate surface area is 171 Å². The number of benzene rings is 2. The molecule has 0 bridgehead atoms. The van der Waals surface area contributed by atoms with Gasteiger partial charge in [0.15, 0.2) is 0 Å². The Kier molecular flexibility index (Phi) is 5.06. The van der Waals surface area contributed by atoms with E-state index in [1.807, 2.05) is 6.07 Å². The number of esters is 1. The van der Waals surface area contributed by atoms with Crippen LogP contribution in [0.25, 0.3) is 0 Å². The van der Waals surface area contributed by atoms with Crippen molar-refractivity contribution in [2.24, 2.45) is 17.8 Å². The van der Waals surface area contributed by atoms with Crippen LogP contribution in [0.5, 0.6) is 5.75 Å². The molecule has 1 heterocycles. The van der Waals surface area contributed by atoms with Crippen LogP contribution in [0.3, 0.4) is 0 Å². The van der Waals surface area contributed by atoms with E-state index in [-0.39, 0.29) is 23.7 Å². The topological polar surface area (TPSA) is 63.7 Å². The van der Waals surface area contributed by atoms with E-state index in [1.165, 1.54) is 4.90 Å². The zero-order chi connectivity index (χ0) is 19.8. The van der Waals surface area contributed by atoms with Gasteiger partial charge in [-0.15, -0.1) is 0 Å². The van der Waals surface area contributed by atoms with Crippen molar-refractivity contribution in [1.82, 2.24) is 0 Å². The van der Waals surface area contributed by atoms with E-state index in [0.717, 1.165) is 19.3 Å². The first-order valence-corrected chi connectivity index (χ1v) is 10.2. The highest BCUT2D eigenvalue weighted by Gasteiger charge is 2.49. The minimum absolute atomic E-state index is 0.111. The molecule has 1 saturated carbocycles. The molecule has 6 heteroatoms. The second kappa shape index (κ2) is 7.51. The first-order valence-electron chi connectivity index (χ1n) is 9.40. The fourth-order valence-electron chi connectivity index (χ4n) is 4.10. The summed E-state index contributed by atoms with van der Waals surface area (Å²) in [5.41, 5.74) is 0.951. The summed E-state index contributed by atoms with van der Waals surface area (Å²) < 4.78 is 6.06. The molecule has 2 aromatic rings. The molecule has 144 valence electrons. The van der Waals surface area contributed by atoms with Crippen molar-refractivity contribution in [3.63, 3.8) is 0 Å². The number of rotatable bonds is 3. The van der Waals surface area contributed by atoms with Gasteiger partial charge in [-0.2, -0.15) is 0 Å². The molecule has 2 amide bonds. The maximum absolute atomic E-state index is 12.8. The van der Waals surface area contributed by atoms with Crippen molar-refractivity contribution in [1.29, 1.82) is 0 Å². The lowest BCUT2D eigenvalue weighted by molar-refractivity contribution is -0.122. The van der Waals surface area contributed by atoms with Crippen molar-refractivity contribution in [3.8, 4) is 5.75 Å². The smallest absolute Gasteiger partial charge is 0.344 e. The third-order valence-electron chi connectivity index (χ3n) is 5.59. The molecule has 3 atom stereocenters. The van der Waals surface area contributed by atoms with Crippen LogP contribution in [0.1, 0.15) is 36.5 Å². The normalized spacial score (nSPS) is 24.2. The predicted octanol–water partition coefficient (Wildman–Crippen LogP) is 4.59. The summed E-state index contributed by atoms with van der Waals surface area (Å²) in [6.07, 6.45) is 2.53. The Morgan fingerprint density at radius 2 is 1.68 bits per heavy atom. The number of amides is 2. The van der Waals surface area contributed by atoms with Gasteiger partial charge in [0.25, 0.3) is 0 Å². The van der Waals surface area contributed by atoms with E-state index < -0.39 is 5.97 Å². The molecule has 1 aliphatic carbocycles. The average molecular weight is 442 g/mol. The van der Waals surface area contributed by atoms with Crippen LogP contribution in [0, 0.1) is 17.8 Å². The number of carbonyl (C=O) groups excluding carboxylic acids is 3. The quantitative estimate of drug-likeness (QED) is 0.396. The summed E-state index contributed by atoms with van der Waals surface area (Å²) in [6.45, 7) is 2.13. The number of anilines is 1. The fourth-order valence-corrected chi connectivity index (χ4v) is 4.54. The largest absolute Gasteiger partial charge is 0.423 e. The van der Waals surface area contributed by atoms with Crippen LogP contribution < -0.4 is 9.64 Å². The molecule has 2 aliphatic rings. The van der Waals surface area contributed by atoms with Crippen LogP contribution >= 0.6 is 15.9 Å². The van der Waals surface area contributed by atoms with Crippen molar-refractivity contribution in [3.05, 3.63) is 58.6 Å². The zero-order valence-electron chi connectivity index (χ0n) is 15.4. The summed E-state index contributed by atoms with van der Waals surface area (Å²) in [4.78, 5) is 39.2. The molecule has 0 radical (unpaired) electrons. The van der Waals surface area contributed by atoms with Crippen LogP contribution in [0.2, 0.25) is 0 Å². The monoisotopic (exact) mass is 441 g/mol. The number of ether oxygens (including phenoxy) is 1. The summed E-state index contributed by atoms with van der Waals surface area (Å²) in [5.74, 6) is -0.277. The van der Waals surface area contributed by atoms with Crippen LogP contribution in [0.15, 0.2) is 53.0 Å². The van der Waals surface area contributed by atoms with E-state index in [2.05, 4.69) is 22.9 Å². The van der Waals surface area contributed by atoms with Crippen LogP contribution in [-0.2, 0) is 9.59 Å². The number of imide groups is 1. The molecule has 0 unspecified atom stereocenters. The molecule has 2 aromatic carbocycles. The van der Waals surface area contributed by atoms with Crippen molar-refractivity contribution in [2.75, 3.05) is 4.90 Å². The molecular formula is C22H20BrNO4. The molecule has 1 aliphatic heterocycles. The van der Waals surface area contributed by atoms with Crippen LogP contribution in [-0.4, -0.2) is 17.8 Å². The number of halogens is 1. The number of carbonyl (C=O) groups is 3. The molecule has 4 rings (SSSR count). The molecular weight excluding hydrogens is 422 g/mol. The van der Waals surface area contributed by atoms with Gasteiger partial charge in [-0.05, 0) is 77.5 Å². The summed E-state index contributed by atoms with van der Waals surface area (Å²) >= 11 is 3.33. The summed E-state index contributed by atoms with van der Waals surface area (Å²) in [5, 5.41) is 0. The lowest BCUT2D eigenvalue weighted by atomic mass is 9.76. The van der Waals surface area contributed by atoms with Crippen LogP contribution in [0.4, 0.5) is 5.69 Å². The van der Waals surface area contributed by atoms with Crippen molar-refractivity contribution >= 4 is 39.4 Å². The van der Waals surface area contributed by atoms with Crippen molar-refractivity contribution in [2.45, 2.75) is 26.2 Å². The highest BCUT2D eigenvalue weighted by Crippen LogP contribution is 2.42. The first kappa shape index (κ1) is 18.9. The maximum atomic E-state index is 12.8. The highest BCUT2D eigenvalue weighted by atomic mass is 79.9. The molecule has 0 N–H and O–H groups in total. The molecule has 0 aromatic heterocycles. The lowest BCUT2D eigenvalue weighted by Crippen LogP contribution is -2.30. The lowest BCUT2D eigenvalue weighted by Gasteiger charge is -2.25. The van der Waals surface area contributed by atoms with Crippen molar-refractivity contribution < 1.29 is 19.1 Å². The number of hydrogen-bond acceptors (Lipinski definition) is 4. The van der Waals surface area contributed by atoms with E-state index >= 15 is 0 Å². The second-order valence-corrected chi connectivity index (χ2v) is 8.36. The van der Waals surface area contributed by atoms with Gasteiger partial charge in [-0.3, -0.25) is 14.5 Å². The fraction of sp³-hybridized carbons (Fsp3) is 0.318. The molecule has 2 fully saturated rings. The second-order valence-electron chi connectivity index (χ2n) is 7.51. The van der Waals surface area contributed by atoms with E-state index in [1.54, 1.807) is 42.5 Å². The Bertz CT molecular complexity index is 940. The highest BCUT2D eigenvalue weighted by molar-refractivity contribution is 9.10. The predicted molar refractivity (Wildman–Crippen MR) is 108 cm³/mol. The number of hydrogen-bond donors (Lipinski definition) is 0. The van der Waals surface area contributed by atoms with E-state index in [4.69, 9.17) is 4.74 Å². The Balaban J connectivity index is 1.51. The average Bonchev–Trinajstić information content (AvgIpc) is 2.93. The Morgan fingerprint density at radius 3 is 2.39 bits per heavy atom. The standard InChI is InChI=1S/C22H20BrNO4/c1-13-6-11-16-18(12-13)21(26)24(20(16)25)14-7-9-15(10-8-14)28-22(27)17-4-2-3-5-19(17)23/h2-5,7-10,13,16,18H,6,11-12H2,1H3/t13-,16+,18-/m1/s1. The molecule has 5 nitrogen and oxygen atoms in total. The Morgan fingerprint density at radius 1 is 1.00 bits per heavy atom. The van der Waals surface area contributed by atoms with Gasteiger partial charge in [0.2, 0.25) is 11.8 Å². The Hall–Kier alpha value is -2.47. The number of nitrogens with zero attached hydrogens (tertiary/aromatic N) is 1. The minimum Gasteiger partial charge on any atom is -0.423 e. The third-order valence-corrected chi connectivity index (χ3v) is 6.28. The summed E-state index contributed by atoms with van der Waals surface area (Å²) in [6, 6.07) is 13.5. The zero-order valence-corrected chi connectivity index (χ0v) is 17.0. The van der Waals surface area contributed by atoms with Gasteiger partial charge >= 0.3 is 5.97 Å². The number of fused-ring (bicyclic) bond motifs is 1. The maximum Gasteiger partial charge on any atom is 0.344 e. The van der Waals surface area contributed by atoms with Gasteiger partial charge in [0.05, 0.1) is 23.1 Å². The summed E-state index contributed by atoms with van der Waals surface area (Å²) in [7, 11) is 0.